The average molecular weight is 236 g/mol. The van der Waals surface area contributed by atoms with Gasteiger partial charge in [-0.2, -0.15) is 0 Å². The van der Waals surface area contributed by atoms with Crippen LogP contribution in [0.3, 0.4) is 0 Å². The molecule has 1 fully saturated rings. The standard InChI is InChI=1S/C14H17FO2/c15-14(6-1-2-7-14)10-12-5-3-4-11(8-12)9-13(16)17/h3-5,8H,1-2,6-7,9-10H2,(H,16,17). The van der Waals surface area contributed by atoms with E-state index >= 15 is 0 Å². The van der Waals surface area contributed by atoms with Gasteiger partial charge in [0.25, 0.3) is 0 Å². The van der Waals surface area contributed by atoms with E-state index in [1.165, 1.54) is 0 Å². The lowest BCUT2D eigenvalue weighted by Crippen LogP contribution is -2.21. The van der Waals surface area contributed by atoms with Crippen LogP contribution >= 0.6 is 0 Å². The van der Waals surface area contributed by atoms with E-state index in [4.69, 9.17) is 5.11 Å². The maximum Gasteiger partial charge on any atom is 0.307 e. The molecule has 1 N–H and O–H groups in total. The first-order valence-electron chi connectivity index (χ1n) is 6.06. The first-order chi connectivity index (χ1) is 8.07. The lowest BCUT2D eigenvalue weighted by atomic mass is 9.93. The number of halogens is 1. The summed E-state index contributed by atoms with van der Waals surface area (Å²) in [7, 11) is 0. The van der Waals surface area contributed by atoms with Gasteiger partial charge in [-0.15, -0.1) is 0 Å². The normalized spacial score (nSPS) is 18.2. The molecule has 0 atom stereocenters. The van der Waals surface area contributed by atoms with Crippen molar-refractivity contribution in [2.75, 3.05) is 0 Å². The predicted molar refractivity (Wildman–Crippen MR) is 63.8 cm³/mol. The van der Waals surface area contributed by atoms with Gasteiger partial charge in [0.2, 0.25) is 0 Å². The fraction of sp³-hybridized carbons (Fsp3) is 0.500. The Balaban J connectivity index is 2.08. The van der Waals surface area contributed by atoms with Crippen LogP contribution in [0.25, 0.3) is 0 Å². The number of carbonyl (C=O) groups is 1. The Morgan fingerprint density at radius 2 is 1.94 bits per heavy atom. The van der Waals surface area contributed by atoms with Crippen LogP contribution < -0.4 is 0 Å². The van der Waals surface area contributed by atoms with Crippen LogP contribution in [0.4, 0.5) is 4.39 Å². The van der Waals surface area contributed by atoms with Crippen LogP contribution in [0.5, 0.6) is 0 Å². The van der Waals surface area contributed by atoms with Crippen molar-refractivity contribution in [3.05, 3.63) is 35.4 Å². The van der Waals surface area contributed by atoms with Gasteiger partial charge in [-0.3, -0.25) is 4.79 Å². The Morgan fingerprint density at radius 1 is 1.29 bits per heavy atom. The Bertz CT molecular complexity index is 408. The summed E-state index contributed by atoms with van der Waals surface area (Å²) in [5.74, 6) is -0.849. The second-order valence-electron chi connectivity index (χ2n) is 4.93. The van der Waals surface area contributed by atoms with Gasteiger partial charge in [0.05, 0.1) is 6.42 Å². The van der Waals surface area contributed by atoms with Gasteiger partial charge in [-0.25, -0.2) is 4.39 Å². The van der Waals surface area contributed by atoms with E-state index in [2.05, 4.69) is 0 Å². The van der Waals surface area contributed by atoms with Crippen LogP contribution in [0.15, 0.2) is 24.3 Å². The summed E-state index contributed by atoms with van der Waals surface area (Å²) in [6.45, 7) is 0. The molecule has 2 rings (SSSR count). The quantitative estimate of drug-likeness (QED) is 0.872. The molecule has 0 unspecified atom stereocenters. The highest BCUT2D eigenvalue weighted by molar-refractivity contribution is 5.70. The van der Waals surface area contributed by atoms with Crippen molar-refractivity contribution < 1.29 is 14.3 Å². The van der Waals surface area contributed by atoms with Crippen LogP contribution in [0.1, 0.15) is 36.8 Å². The molecule has 0 spiro atoms. The van der Waals surface area contributed by atoms with E-state index in [0.29, 0.717) is 19.3 Å². The Labute approximate surface area is 100 Å². The molecule has 0 saturated heterocycles. The minimum atomic E-state index is -1.07. The van der Waals surface area contributed by atoms with Crippen molar-refractivity contribution in [2.45, 2.75) is 44.2 Å². The van der Waals surface area contributed by atoms with Crippen molar-refractivity contribution in [3.8, 4) is 0 Å². The molecule has 1 aromatic rings. The molecule has 0 aromatic heterocycles. The Morgan fingerprint density at radius 3 is 2.59 bits per heavy atom. The fourth-order valence-electron chi connectivity index (χ4n) is 2.58. The van der Waals surface area contributed by atoms with Crippen LogP contribution in [0, 0.1) is 0 Å². The summed E-state index contributed by atoms with van der Waals surface area (Å²) in [6, 6.07) is 7.28. The lowest BCUT2D eigenvalue weighted by Gasteiger charge is -2.19. The highest BCUT2D eigenvalue weighted by Gasteiger charge is 2.33. The van der Waals surface area contributed by atoms with Crippen LogP contribution in [-0.2, 0) is 17.6 Å². The van der Waals surface area contributed by atoms with Crippen molar-refractivity contribution >= 4 is 5.97 Å². The van der Waals surface area contributed by atoms with Gasteiger partial charge in [0.15, 0.2) is 0 Å². The van der Waals surface area contributed by atoms with Crippen molar-refractivity contribution in [1.82, 2.24) is 0 Å². The zero-order chi connectivity index (χ0) is 12.3. The zero-order valence-corrected chi connectivity index (χ0v) is 9.79. The monoisotopic (exact) mass is 236 g/mol. The molecule has 2 nitrogen and oxygen atoms in total. The van der Waals surface area contributed by atoms with Gasteiger partial charge in [-0.05, 0) is 24.0 Å². The largest absolute Gasteiger partial charge is 0.481 e. The van der Waals surface area contributed by atoms with E-state index in [-0.39, 0.29) is 6.42 Å². The number of benzene rings is 1. The third-order valence-electron chi connectivity index (χ3n) is 3.37. The SMILES string of the molecule is O=C(O)Cc1cccc(CC2(F)CCCC2)c1. The molecule has 1 aromatic carbocycles. The first kappa shape index (κ1) is 12.1. The molecule has 0 bridgehead atoms. The number of aliphatic carboxylic acids is 1. The second-order valence-corrected chi connectivity index (χ2v) is 4.93. The minimum Gasteiger partial charge on any atom is -0.481 e. The highest BCUT2D eigenvalue weighted by Crippen LogP contribution is 2.36. The van der Waals surface area contributed by atoms with Gasteiger partial charge >= 0.3 is 5.97 Å². The molecule has 0 aliphatic heterocycles. The number of hydrogen-bond acceptors (Lipinski definition) is 1. The third-order valence-corrected chi connectivity index (χ3v) is 3.37. The minimum absolute atomic E-state index is 0.00707. The van der Waals surface area contributed by atoms with Crippen molar-refractivity contribution in [3.63, 3.8) is 0 Å². The van der Waals surface area contributed by atoms with E-state index in [1.54, 1.807) is 6.07 Å². The molecule has 1 saturated carbocycles. The number of hydrogen-bond donors (Lipinski definition) is 1. The highest BCUT2D eigenvalue weighted by atomic mass is 19.1. The zero-order valence-electron chi connectivity index (χ0n) is 9.79. The van der Waals surface area contributed by atoms with Crippen molar-refractivity contribution in [1.29, 1.82) is 0 Å². The molecule has 17 heavy (non-hydrogen) atoms. The second kappa shape index (κ2) is 4.86. The molecular formula is C14H17FO2. The molecule has 3 heteroatoms. The van der Waals surface area contributed by atoms with E-state index < -0.39 is 11.6 Å². The molecule has 1 aliphatic rings. The van der Waals surface area contributed by atoms with Crippen LogP contribution in [-0.4, -0.2) is 16.7 Å². The molecule has 1 aliphatic carbocycles. The molecular weight excluding hydrogens is 219 g/mol. The molecule has 0 radical (unpaired) electrons. The van der Waals surface area contributed by atoms with Crippen LogP contribution in [0.2, 0.25) is 0 Å². The van der Waals surface area contributed by atoms with Gasteiger partial charge in [0.1, 0.15) is 5.67 Å². The van der Waals surface area contributed by atoms with E-state index in [0.717, 1.165) is 24.0 Å². The average Bonchev–Trinajstić information content (AvgIpc) is 2.64. The number of carboxylic acid groups (broad SMARTS) is 1. The van der Waals surface area contributed by atoms with Gasteiger partial charge < -0.3 is 5.11 Å². The first-order valence-corrected chi connectivity index (χ1v) is 6.06. The smallest absolute Gasteiger partial charge is 0.307 e. The summed E-state index contributed by atoms with van der Waals surface area (Å²) in [5.41, 5.74) is 0.590. The third kappa shape index (κ3) is 3.29. The summed E-state index contributed by atoms with van der Waals surface area (Å²) in [5, 5.41) is 8.72. The topological polar surface area (TPSA) is 37.3 Å². The number of carboxylic acids is 1. The predicted octanol–water partition coefficient (Wildman–Crippen LogP) is 3.14. The van der Waals surface area contributed by atoms with Gasteiger partial charge in [-0.1, -0.05) is 37.1 Å². The molecule has 0 amide bonds. The summed E-state index contributed by atoms with van der Waals surface area (Å²) < 4.78 is 14.3. The maximum absolute atomic E-state index is 14.3. The van der Waals surface area contributed by atoms with Gasteiger partial charge in [0, 0.05) is 6.42 Å². The van der Waals surface area contributed by atoms with Crippen molar-refractivity contribution in [2.24, 2.45) is 0 Å². The molecule has 0 heterocycles. The lowest BCUT2D eigenvalue weighted by molar-refractivity contribution is -0.136. The van der Waals surface area contributed by atoms with E-state index in [1.807, 2.05) is 18.2 Å². The van der Waals surface area contributed by atoms with E-state index in [9.17, 15) is 9.18 Å². The summed E-state index contributed by atoms with van der Waals surface area (Å²) >= 11 is 0. The summed E-state index contributed by atoms with van der Waals surface area (Å²) in [6.07, 6.45) is 3.62. The number of alkyl halides is 1. The molecule has 92 valence electrons. The fourth-order valence-corrected chi connectivity index (χ4v) is 2.58. The number of rotatable bonds is 4. The summed E-state index contributed by atoms with van der Waals surface area (Å²) in [4.78, 5) is 10.6. The maximum atomic E-state index is 14.3. The Hall–Kier alpha value is -1.38. The Kier molecular flexibility index (Phi) is 3.46.